The van der Waals surface area contributed by atoms with Crippen LogP contribution in [0.3, 0.4) is 0 Å². The second-order valence-corrected chi connectivity index (χ2v) is 7.22. The van der Waals surface area contributed by atoms with Crippen molar-refractivity contribution in [3.63, 3.8) is 0 Å². The van der Waals surface area contributed by atoms with E-state index in [0.29, 0.717) is 17.4 Å². The van der Waals surface area contributed by atoms with E-state index >= 15 is 0 Å². The smallest absolute Gasteiger partial charge is 0.268 e. The first-order valence-electron chi connectivity index (χ1n) is 8.60. The summed E-state index contributed by atoms with van der Waals surface area (Å²) in [6.45, 7) is 2.44. The molecule has 0 unspecified atom stereocenters. The molecule has 2 aromatic heterocycles. The molecule has 4 aromatic rings. The van der Waals surface area contributed by atoms with Crippen LogP contribution in [0, 0.1) is 6.92 Å². The van der Waals surface area contributed by atoms with Gasteiger partial charge >= 0.3 is 0 Å². The van der Waals surface area contributed by atoms with Crippen LogP contribution in [-0.2, 0) is 13.7 Å². The first-order valence-corrected chi connectivity index (χ1v) is 9.48. The molecule has 0 radical (unpaired) electrons. The molecule has 2 heterocycles. The molecule has 6 heteroatoms. The normalized spacial score (nSPS) is 10.9. The maximum atomic E-state index is 12.6. The Kier molecular flexibility index (Phi) is 4.64. The summed E-state index contributed by atoms with van der Waals surface area (Å²) in [7, 11) is 1.89. The lowest BCUT2D eigenvalue weighted by Gasteiger charge is -2.07. The largest absolute Gasteiger partial charge is 0.489 e. The number of nitrogens with one attached hydrogen (secondary N) is 1. The predicted molar refractivity (Wildman–Crippen MR) is 108 cm³/mol. The van der Waals surface area contributed by atoms with Gasteiger partial charge in [0.2, 0.25) is 5.95 Å². The zero-order valence-corrected chi connectivity index (χ0v) is 15.9. The number of fused-ring (bicyclic) bond motifs is 1. The first-order chi connectivity index (χ1) is 13.1. The number of anilines is 1. The molecule has 2 aromatic carbocycles. The Bertz CT molecular complexity index is 1110. The van der Waals surface area contributed by atoms with E-state index in [1.165, 1.54) is 11.3 Å². The van der Waals surface area contributed by atoms with Crippen molar-refractivity contribution in [2.75, 3.05) is 5.32 Å². The number of thiophene rings is 1. The topological polar surface area (TPSA) is 56.1 Å². The van der Waals surface area contributed by atoms with E-state index in [-0.39, 0.29) is 5.91 Å². The fraction of sp³-hybridized carbons (Fsp3) is 0.143. The molecule has 0 fully saturated rings. The highest BCUT2D eigenvalue weighted by molar-refractivity contribution is 7.12. The quantitative estimate of drug-likeness (QED) is 0.545. The molecule has 5 nitrogen and oxygen atoms in total. The van der Waals surface area contributed by atoms with Gasteiger partial charge in [0.1, 0.15) is 12.4 Å². The van der Waals surface area contributed by atoms with Crippen molar-refractivity contribution in [2.24, 2.45) is 7.05 Å². The molecule has 0 aliphatic heterocycles. The van der Waals surface area contributed by atoms with E-state index in [0.717, 1.165) is 27.9 Å². The van der Waals surface area contributed by atoms with Gasteiger partial charge in [-0.25, -0.2) is 4.98 Å². The summed E-state index contributed by atoms with van der Waals surface area (Å²) in [5.41, 5.74) is 3.89. The number of nitrogens with zero attached hydrogens (tertiary/aromatic N) is 2. The van der Waals surface area contributed by atoms with E-state index in [1.54, 1.807) is 0 Å². The molecule has 27 heavy (non-hydrogen) atoms. The number of benzene rings is 2. The molecule has 0 saturated carbocycles. The van der Waals surface area contributed by atoms with Gasteiger partial charge in [-0.05, 0) is 42.1 Å². The third kappa shape index (κ3) is 3.57. The summed E-state index contributed by atoms with van der Waals surface area (Å²) in [6.07, 6.45) is 0. The molecule has 136 valence electrons. The van der Waals surface area contributed by atoms with Crippen molar-refractivity contribution in [3.8, 4) is 5.75 Å². The van der Waals surface area contributed by atoms with Crippen molar-refractivity contribution in [1.82, 2.24) is 9.55 Å². The number of aromatic nitrogens is 2. The number of carbonyl (C=O) groups is 1. The van der Waals surface area contributed by atoms with Gasteiger partial charge in [0.05, 0.1) is 15.9 Å². The maximum Gasteiger partial charge on any atom is 0.268 e. The lowest BCUT2D eigenvalue weighted by Crippen LogP contribution is -2.13. The molecule has 1 amide bonds. The second-order valence-electron chi connectivity index (χ2n) is 6.31. The Hall–Kier alpha value is -3.12. The minimum absolute atomic E-state index is 0.166. The highest BCUT2D eigenvalue weighted by Gasteiger charge is 2.14. The predicted octanol–water partition coefficient (Wildman–Crippen LogP) is 4.77. The number of rotatable bonds is 5. The molecule has 0 spiro atoms. The Labute approximate surface area is 161 Å². The van der Waals surface area contributed by atoms with Gasteiger partial charge in [0.25, 0.3) is 5.91 Å². The van der Waals surface area contributed by atoms with Gasteiger partial charge in [-0.15, -0.1) is 11.3 Å². The highest BCUT2D eigenvalue weighted by atomic mass is 32.1. The molecule has 0 aliphatic rings. The lowest BCUT2D eigenvalue weighted by molar-refractivity contribution is 0.102. The number of imidazole rings is 1. The molecule has 0 bridgehead atoms. The van der Waals surface area contributed by atoms with Crippen molar-refractivity contribution < 1.29 is 9.53 Å². The van der Waals surface area contributed by atoms with Crippen LogP contribution in [0.5, 0.6) is 5.75 Å². The van der Waals surface area contributed by atoms with Gasteiger partial charge in [-0.3, -0.25) is 10.1 Å². The second kappa shape index (κ2) is 7.25. The standard InChI is InChI=1S/C21H19N3O2S/c1-14-7-3-6-10-18(14)26-12-15-11-19(27-13-15)20(25)23-21-22-16-8-4-5-9-17(16)24(21)2/h3-11,13H,12H2,1-2H3,(H,22,23,25). The number of aryl methyl sites for hydroxylation is 2. The molecule has 0 atom stereocenters. The fourth-order valence-corrected chi connectivity index (χ4v) is 3.66. The average molecular weight is 377 g/mol. The number of hydrogen-bond acceptors (Lipinski definition) is 4. The monoisotopic (exact) mass is 377 g/mol. The van der Waals surface area contributed by atoms with Gasteiger partial charge in [-0.1, -0.05) is 30.3 Å². The van der Waals surface area contributed by atoms with Crippen LogP contribution in [0.2, 0.25) is 0 Å². The van der Waals surface area contributed by atoms with E-state index in [9.17, 15) is 4.79 Å². The summed E-state index contributed by atoms with van der Waals surface area (Å²) in [4.78, 5) is 17.7. The van der Waals surface area contributed by atoms with Crippen LogP contribution in [0.1, 0.15) is 20.8 Å². The molecule has 4 rings (SSSR count). The number of para-hydroxylation sites is 3. The fourth-order valence-electron chi connectivity index (χ4n) is 2.87. The van der Waals surface area contributed by atoms with Crippen LogP contribution in [0.25, 0.3) is 11.0 Å². The van der Waals surface area contributed by atoms with Crippen LogP contribution in [0.4, 0.5) is 5.95 Å². The third-order valence-electron chi connectivity index (χ3n) is 4.38. The molecular formula is C21H19N3O2S. The summed E-state index contributed by atoms with van der Waals surface area (Å²) < 4.78 is 7.73. The van der Waals surface area contributed by atoms with Crippen molar-refractivity contribution >= 4 is 34.2 Å². The van der Waals surface area contributed by atoms with Crippen LogP contribution in [0.15, 0.2) is 60.0 Å². The third-order valence-corrected chi connectivity index (χ3v) is 5.36. The zero-order chi connectivity index (χ0) is 18.8. The van der Waals surface area contributed by atoms with Crippen LogP contribution < -0.4 is 10.1 Å². The SMILES string of the molecule is Cc1ccccc1OCc1csc(C(=O)Nc2nc3ccccc3n2C)c1. The number of carbonyl (C=O) groups excluding carboxylic acids is 1. The van der Waals surface area contributed by atoms with Crippen LogP contribution >= 0.6 is 11.3 Å². The van der Waals surface area contributed by atoms with E-state index in [2.05, 4.69) is 10.3 Å². The van der Waals surface area contributed by atoms with Crippen LogP contribution in [-0.4, -0.2) is 15.5 Å². The number of hydrogen-bond donors (Lipinski definition) is 1. The van der Waals surface area contributed by atoms with Gasteiger partial charge in [0, 0.05) is 12.6 Å². The maximum absolute atomic E-state index is 12.6. The summed E-state index contributed by atoms with van der Waals surface area (Å²) in [5, 5.41) is 4.84. The van der Waals surface area contributed by atoms with E-state index in [1.807, 2.05) is 78.5 Å². The van der Waals surface area contributed by atoms with Crippen molar-refractivity contribution in [3.05, 3.63) is 76.0 Å². The van der Waals surface area contributed by atoms with Gasteiger partial charge in [0.15, 0.2) is 0 Å². The summed E-state index contributed by atoms with van der Waals surface area (Å²) >= 11 is 1.40. The van der Waals surface area contributed by atoms with Gasteiger partial charge < -0.3 is 9.30 Å². The van der Waals surface area contributed by atoms with Gasteiger partial charge in [-0.2, -0.15) is 0 Å². The number of amides is 1. The molecule has 1 N–H and O–H groups in total. The molecule has 0 saturated heterocycles. The lowest BCUT2D eigenvalue weighted by atomic mass is 10.2. The first kappa shape index (κ1) is 17.3. The molecule has 0 aliphatic carbocycles. The Morgan fingerprint density at radius 3 is 2.78 bits per heavy atom. The zero-order valence-electron chi connectivity index (χ0n) is 15.1. The van der Waals surface area contributed by atoms with E-state index in [4.69, 9.17) is 4.74 Å². The Morgan fingerprint density at radius 2 is 1.96 bits per heavy atom. The minimum Gasteiger partial charge on any atom is -0.489 e. The highest BCUT2D eigenvalue weighted by Crippen LogP contribution is 2.22. The Balaban J connectivity index is 1.45. The molecular weight excluding hydrogens is 358 g/mol. The summed E-state index contributed by atoms with van der Waals surface area (Å²) in [6, 6.07) is 17.5. The van der Waals surface area contributed by atoms with Crippen molar-refractivity contribution in [1.29, 1.82) is 0 Å². The Morgan fingerprint density at radius 1 is 1.19 bits per heavy atom. The summed E-state index contributed by atoms with van der Waals surface area (Å²) in [5.74, 6) is 1.22. The minimum atomic E-state index is -0.166. The van der Waals surface area contributed by atoms with E-state index < -0.39 is 0 Å². The average Bonchev–Trinajstić information content (AvgIpc) is 3.27. The number of ether oxygens (including phenoxy) is 1. The van der Waals surface area contributed by atoms with Crippen molar-refractivity contribution in [2.45, 2.75) is 13.5 Å².